The van der Waals surface area contributed by atoms with Crippen LogP contribution in [0.15, 0.2) is 24.4 Å². The van der Waals surface area contributed by atoms with E-state index in [1.54, 1.807) is 25.3 Å². The zero-order valence-electron chi connectivity index (χ0n) is 11.7. The number of benzene rings is 1. The van der Waals surface area contributed by atoms with Gasteiger partial charge in [-0.15, -0.1) is 0 Å². The number of fused-ring (bicyclic) bond motifs is 1. The van der Waals surface area contributed by atoms with Crippen LogP contribution in [0.25, 0.3) is 10.9 Å². The number of nitrogens with zero attached hydrogens (tertiary/aromatic N) is 1. The van der Waals surface area contributed by atoms with Crippen LogP contribution in [0, 0.1) is 0 Å². The van der Waals surface area contributed by atoms with Crippen molar-refractivity contribution < 1.29 is 19.7 Å². The van der Waals surface area contributed by atoms with Gasteiger partial charge in [-0.05, 0) is 37.6 Å². The highest BCUT2D eigenvalue weighted by molar-refractivity contribution is 5.90. The van der Waals surface area contributed by atoms with Crippen LogP contribution < -0.4 is 10.1 Å². The van der Waals surface area contributed by atoms with Gasteiger partial charge in [-0.1, -0.05) is 0 Å². The van der Waals surface area contributed by atoms with Gasteiger partial charge in [-0.2, -0.15) is 0 Å². The van der Waals surface area contributed by atoms with Crippen molar-refractivity contribution in [2.75, 3.05) is 13.7 Å². The van der Waals surface area contributed by atoms with Gasteiger partial charge in [0.1, 0.15) is 5.75 Å². The number of rotatable bonds is 4. The summed E-state index contributed by atoms with van der Waals surface area (Å²) in [7, 11) is 1.54. The minimum atomic E-state index is -2.03. The summed E-state index contributed by atoms with van der Waals surface area (Å²) in [6.45, 7) is 0.753. The van der Waals surface area contributed by atoms with Crippen molar-refractivity contribution in [3.05, 3.63) is 30.0 Å². The Morgan fingerprint density at radius 1 is 1.48 bits per heavy atom. The minimum absolute atomic E-state index is 0.308. The van der Waals surface area contributed by atoms with E-state index in [0.717, 1.165) is 13.0 Å². The third-order valence-corrected chi connectivity index (χ3v) is 4.10. The first-order chi connectivity index (χ1) is 10.1. The topological polar surface area (TPSA) is 83.7 Å². The van der Waals surface area contributed by atoms with E-state index in [1.165, 1.54) is 10.8 Å². The highest BCUT2D eigenvalue weighted by atomic mass is 16.5. The van der Waals surface area contributed by atoms with Crippen molar-refractivity contribution in [1.29, 1.82) is 0 Å². The van der Waals surface area contributed by atoms with Crippen LogP contribution in [0.1, 0.15) is 18.4 Å². The maximum Gasteiger partial charge on any atom is 0.218 e. The lowest BCUT2D eigenvalue weighted by Crippen LogP contribution is -2.45. The molecule has 1 aromatic heterocycles. The summed E-state index contributed by atoms with van der Waals surface area (Å²) >= 11 is 0. The van der Waals surface area contributed by atoms with Gasteiger partial charge in [-0.25, -0.2) is 0 Å². The predicted octanol–water partition coefficient (Wildman–Crippen LogP) is 0.578. The summed E-state index contributed by atoms with van der Waals surface area (Å²) < 4.78 is 6.53. The molecule has 1 aliphatic rings. The van der Waals surface area contributed by atoms with E-state index in [2.05, 4.69) is 5.32 Å². The van der Waals surface area contributed by atoms with E-state index in [1.807, 2.05) is 0 Å². The minimum Gasteiger partial charge on any atom is -0.497 e. The molecule has 0 saturated carbocycles. The molecule has 1 aliphatic heterocycles. The summed E-state index contributed by atoms with van der Waals surface area (Å²) in [5.74, 6) is -1.43. The Hall–Kier alpha value is -1.89. The molecule has 3 rings (SSSR count). The first-order valence-electron chi connectivity index (χ1n) is 6.90. The lowest BCUT2D eigenvalue weighted by Gasteiger charge is -2.28. The van der Waals surface area contributed by atoms with Gasteiger partial charge in [0.05, 0.1) is 18.7 Å². The third kappa shape index (κ3) is 2.21. The molecule has 1 unspecified atom stereocenters. The second-order valence-electron chi connectivity index (χ2n) is 5.31. The fourth-order valence-electron chi connectivity index (χ4n) is 2.96. The number of aliphatic hydroxyl groups is 2. The van der Waals surface area contributed by atoms with E-state index >= 15 is 0 Å². The Morgan fingerprint density at radius 3 is 2.90 bits per heavy atom. The number of nitrogens with one attached hydrogen (secondary N) is 1. The molecule has 3 N–H and O–H groups in total. The second kappa shape index (κ2) is 5.14. The number of aromatic nitrogens is 1. The van der Waals surface area contributed by atoms with E-state index in [0.29, 0.717) is 35.0 Å². The molecule has 0 aliphatic carbocycles. The molecule has 0 radical (unpaired) electrons. The van der Waals surface area contributed by atoms with E-state index < -0.39 is 11.8 Å². The van der Waals surface area contributed by atoms with Crippen LogP contribution in [0.2, 0.25) is 0 Å². The highest BCUT2D eigenvalue weighted by Gasteiger charge is 2.40. The summed E-state index contributed by atoms with van der Waals surface area (Å²) in [6.07, 6.45) is 3.68. The van der Waals surface area contributed by atoms with Gasteiger partial charge in [0, 0.05) is 17.1 Å². The maximum atomic E-state index is 11.2. The van der Waals surface area contributed by atoms with Gasteiger partial charge in [0.15, 0.2) is 0 Å². The van der Waals surface area contributed by atoms with E-state index in [-0.39, 0.29) is 0 Å². The summed E-state index contributed by atoms with van der Waals surface area (Å²) in [5.41, 5.74) is 0.925. The maximum absolute atomic E-state index is 11.2. The fraction of sp³-hybridized carbons (Fsp3) is 0.400. The average molecular weight is 290 g/mol. The zero-order valence-corrected chi connectivity index (χ0v) is 11.7. The second-order valence-corrected chi connectivity index (χ2v) is 5.31. The Labute approximate surface area is 121 Å². The summed E-state index contributed by atoms with van der Waals surface area (Å²) in [4.78, 5) is 11.2. The number of methoxy groups -OCH3 is 1. The Morgan fingerprint density at radius 2 is 2.29 bits per heavy atom. The lowest BCUT2D eigenvalue weighted by atomic mass is 9.96. The Kier molecular flexibility index (Phi) is 3.44. The number of hydrogen-bond acceptors (Lipinski definition) is 5. The van der Waals surface area contributed by atoms with E-state index in [4.69, 9.17) is 4.74 Å². The molecule has 21 heavy (non-hydrogen) atoms. The standard InChI is InChI=1S/C15H18N2O4/c1-21-10-4-5-13-11(7-10)12(8-17(13)9-18)15(19,20)14-3-2-6-16-14/h4-5,7-9,14,16,19-20H,2-3,6H2,1H3. The highest BCUT2D eigenvalue weighted by Crippen LogP contribution is 2.35. The monoisotopic (exact) mass is 290 g/mol. The van der Waals surface area contributed by atoms with Gasteiger partial charge < -0.3 is 20.3 Å². The van der Waals surface area contributed by atoms with Crippen molar-refractivity contribution in [1.82, 2.24) is 9.88 Å². The van der Waals surface area contributed by atoms with Crippen LogP contribution in [-0.2, 0) is 10.6 Å². The smallest absolute Gasteiger partial charge is 0.218 e. The molecular formula is C15H18N2O4. The number of carbonyl (C=O) groups excluding carboxylic acids is 1. The van der Waals surface area contributed by atoms with Crippen molar-refractivity contribution in [3.8, 4) is 5.75 Å². The van der Waals surface area contributed by atoms with Crippen LogP contribution in [0.3, 0.4) is 0 Å². The molecule has 6 nitrogen and oxygen atoms in total. The Bertz CT molecular complexity index is 672. The molecule has 0 bridgehead atoms. The first kappa shape index (κ1) is 14.1. The molecule has 6 heteroatoms. The van der Waals surface area contributed by atoms with Gasteiger partial charge >= 0.3 is 0 Å². The number of hydrogen-bond donors (Lipinski definition) is 3. The molecule has 112 valence electrons. The van der Waals surface area contributed by atoms with Gasteiger partial charge in [0.25, 0.3) is 0 Å². The predicted molar refractivity (Wildman–Crippen MR) is 77.8 cm³/mol. The molecule has 1 aromatic carbocycles. The average Bonchev–Trinajstić information content (AvgIpc) is 3.14. The van der Waals surface area contributed by atoms with Crippen LogP contribution in [0.4, 0.5) is 0 Å². The van der Waals surface area contributed by atoms with Gasteiger partial charge in [0.2, 0.25) is 12.2 Å². The molecule has 0 amide bonds. The SMILES string of the molecule is COc1ccc2c(c1)c(C(O)(O)C1CCCN1)cn2C=O. The molecule has 1 fully saturated rings. The normalized spacial score (nSPS) is 19.1. The summed E-state index contributed by atoms with van der Waals surface area (Å²) in [5, 5.41) is 24.8. The molecule has 1 saturated heterocycles. The lowest BCUT2D eigenvalue weighted by molar-refractivity contribution is -0.188. The quantitative estimate of drug-likeness (QED) is 0.566. The number of ether oxygens (including phenoxy) is 1. The van der Waals surface area contributed by atoms with Crippen LogP contribution >= 0.6 is 0 Å². The molecule has 2 heterocycles. The van der Waals surface area contributed by atoms with Gasteiger partial charge in [-0.3, -0.25) is 9.36 Å². The van der Waals surface area contributed by atoms with Crippen molar-refractivity contribution >= 4 is 17.3 Å². The molecule has 2 aromatic rings. The molecule has 0 spiro atoms. The van der Waals surface area contributed by atoms with E-state index in [9.17, 15) is 15.0 Å². The summed E-state index contributed by atoms with van der Waals surface area (Å²) in [6, 6.07) is 4.72. The van der Waals surface area contributed by atoms with Crippen molar-refractivity contribution in [2.45, 2.75) is 24.7 Å². The number of carbonyl (C=O) groups is 1. The first-order valence-corrected chi connectivity index (χ1v) is 6.90. The largest absolute Gasteiger partial charge is 0.497 e. The van der Waals surface area contributed by atoms with Crippen molar-refractivity contribution in [2.24, 2.45) is 0 Å². The molecular weight excluding hydrogens is 272 g/mol. The fourth-order valence-corrected chi connectivity index (χ4v) is 2.96. The van der Waals surface area contributed by atoms with Crippen LogP contribution in [-0.4, -0.2) is 40.9 Å². The molecule has 1 atom stereocenters. The Balaban J connectivity index is 2.18. The van der Waals surface area contributed by atoms with Crippen LogP contribution in [0.5, 0.6) is 5.75 Å². The zero-order chi connectivity index (χ0) is 15.0. The van der Waals surface area contributed by atoms with Crippen molar-refractivity contribution in [3.63, 3.8) is 0 Å². The third-order valence-electron chi connectivity index (χ3n) is 4.10.